The van der Waals surface area contributed by atoms with Crippen LogP contribution in [0.4, 0.5) is 13.2 Å². The van der Waals surface area contributed by atoms with Crippen LogP contribution >= 0.6 is 11.3 Å². The zero-order chi connectivity index (χ0) is 18.8. The minimum Gasteiger partial charge on any atom is -0.463 e. The van der Waals surface area contributed by atoms with Crippen molar-refractivity contribution >= 4 is 23.1 Å². The highest BCUT2D eigenvalue weighted by Gasteiger charge is 2.34. The molecule has 9 heteroatoms. The van der Waals surface area contributed by atoms with Crippen LogP contribution in [-0.2, 0) is 9.53 Å². The van der Waals surface area contributed by atoms with Gasteiger partial charge in [-0.15, -0.1) is 11.3 Å². The summed E-state index contributed by atoms with van der Waals surface area (Å²) in [6.07, 6.45) is 1.57. The Morgan fingerprint density at radius 3 is 2.73 bits per heavy atom. The number of nitrogens with one attached hydrogen (secondary N) is 1. The fraction of sp³-hybridized carbons (Fsp3) is 0.235. The van der Waals surface area contributed by atoms with Gasteiger partial charge in [0.25, 0.3) is 0 Å². The quantitative estimate of drug-likeness (QED) is 0.651. The Morgan fingerprint density at radius 2 is 2.08 bits per heavy atom. The third-order valence-corrected chi connectivity index (χ3v) is 4.51. The Balaban J connectivity index is 2.15. The fourth-order valence-electron chi connectivity index (χ4n) is 2.58. The zero-order valence-corrected chi connectivity index (χ0v) is 14.7. The minimum absolute atomic E-state index is 0.0251. The molecule has 136 valence electrons. The molecule has 1 aromatic carbocycles. The molecule has 5 nitrogen and oxygen atoms in total. The number of hydrogen-bond donors (Lipinski definition) is 1. The number of benzene rings is 1. The molecule has 2 heterocycles. The van der Waals surface area contributed by atoms with Crippen LogP contribution in [0, 0.1) is 17.5 Å². The van der Waals surface area contributed by atoms with Gasteiger partial charge in [0.05, 0.1) is 12.2 Å². The predicted molar refractivity (Wildman–Crippen MR) is 90.2 cm³/mol. The average molecular weight is 381 g/mol. The predicted octanol–water partition coefficient (Wildman–Crippen LogP) is 3.49. The van der Waals surface area contributed by atoms with Crippen molar-refractivity contribution in [2.24, 2.45) is 4.99 Å². The lowest BCUT2D eigenvalue weighted by Crippen LogP contribution is -2.33. The molecule has 0 radical (unpaired) electrons. The van der Waals surface area contributed by atoms with Crippen LogP contribution in [-0.4, -0.2) is 23.4 Å². The van der Waals surface area contributed by atoms with Gasteiger partial charge in [-0.1, -0.05) is 6.07 Å². The van der Waals surface area contributed by atoms with E-state index in [9.17, 15) is 18.0 Å². The zero-order valence-electron chi connectivity index (χ0n) is 13.8. The second kappa shape index (κ2) is 7.28. The molecule has 0 fully saturated rings. The van der Waals surface area contributed by atoms with Gasteiger partial charge in [-0.3, -0.25) is 4.99 Å². The Bertz CT molecular complexity index is 910. The Hall–Kier alpha value is -2.68. The first-order chi connectivity index (χ1) is 12.4. The number of esters is 1. The normalized spacial score (nSPS) is 17.0. The first-order valence-corrected chi connectivity index (χ1v) is 8.58. The molecule has 0 aliphatic carbocycles. The Kier molecular flexibility index (Phi) is 5.08. The maximum atomic E-state index is 14.4. The van der Waals surface area contributed by atoms with Crippen LogP contribution < -0.4 is 5.32 Å². The summed E-state index contributed by atoms with van der Waals surface area (Å²) in [5.74, 6) is -4.74. The maximum absolute atomic E-state index is 14.4. The molecule has 3 rings (SSSR count). The summed E-state index contributed by atoms with van der Waals surface area (Å²) in [6, 6.07) is 0.676. The maximum Gasteiger partial charge on any atom is 0.338 e. The van der Waals surface area contributed by atoms with Gasteiger partial charge in [-0.05, 0) is 19.9 Å². The number of nitrogens with zero attached hydrogens (tertiary/aromatic N) is 2. The van der Waals surface area contributed by atoms with Crippen LogP contribution in [0.5, 0.6) is 0 Å². The highest BCUT2D eigenvalue weighted by molar-refractivity contribution is 7.11. The molecule has 1 aliphatic rings. The number of rotatable bonds is 4. The van der Waals surface area contributed by atoms with E-state index < -0.39 is 29.5 Å². The molecular formula is C17H14F3N3O2S. The highest BCUT2D eigenvalue weighted by Crippen LogP contribution is 2.35. The van der Waals surface area contributed by atoms with Crippen LogP contribution in [0.15, 0.2) is 40.0 Å². The number of hydrogen-bond acceptors (Lipinski definition) is 6. The number of halogens is 3. The monoisotopic (exact) mass is 381 g/mol. The molecular weight excluding hydrogens is 367 g/mol. The van der Waals surface area contributed by atoms with Gasteiger partial charge in [0.1, 0.15) is 6.04 Å². The van der Waals surface area contributed by atoms with E-state index in [1.807, 2.05) is 0 Å². The van der Waals surface area contributed by atoms with Crippen molar-refractivity contribution in [3.05, 3.63) is 63.0 Å². The first-order valence-electron chi connectivity index (χ1n) is 7.70. The van der Waals surface area contributed by atoms with Gasteiger partial charge >= 0.3 is 5.97 Å². The van der Waals surface area contributed by atoms with Crippen molar-refractivity contribution in [3.8, 4) is 0 Å². The van der Waals surface area contributed by atoms with Crippen LogP contribution in [0.25, 0.3) is 0 Å². The van der Waals surface area contributed by atoms with Crippen molar-refractivity contribution in [3.63, 3.8) is 0 Å². The molecule has 1 N–H and O–H groups in total. The fourth-order valence-corrected chi connectivity index (χ4v) is 3.16. The van der Waals surface area contributed by atoms with E-state index in [-0.39, 0.29) is 17.7 Å². The molecule has 0 unspecified atom stereocenters. The third kappa shape index (κ3) is 3.22. The number of allylic oxidation sites excluding steroid dienone is 1. The molecule has 2 aromatic rings. The summed E-state index contributed by atoms with van der Waals surface area (Å²) in [5, 5.41) is 5.18. The Morgan fingerprint density at radius 1 is 1.31 bits per heavy atom. The van der Waals surface area contributed by atoms with Crippen molar-refractivity contribution in [1.29, 1.82) is 0 Å². The van der Waals surface area contributed by atoms with E-state index in [0.29, 0.717) is 16.5 Å². The topological polar surface area (TPSA) is 63.6 Å². The van der Waals surface area contributed by atoms with Gasteiger partial charge in [0.2, 0.25) is 0 Å². The third-order valence-electron chi connectivity index (χ3n) is 3.73. The van der Waals surface area contributed by atoms with Crippen molar-refractivity contribution in [1.82, 2.24) is 10.3 Å². The van der Waals surface area contributed by atoms with Crippen LogP contribution in [0.1, 0.15) is 30.5 Å². The molecule has 0 spiro atoms. The molecule has 0 amide bonds. The van der Waals surface area contributed by atoms with Crippen molar-refractivity contribution in [2.45, 2.75) is 19.9 Å². The summed E-state index contributed by atoms with van der Waals surface area (Å²) in [6.45, 7) is 3.33. The molecule has 0 saturated carbocycles. The van der Waals surface area contributed by atoms with E-state index in [0.717, 1.165) is 12.1 Å². The van der Waals surface area contributed by atoms with Crippen LogP contribution in [0.2, 0.25) is 0 Å². The summed E-state index contributed by atoms with van der Waals surface area (Å²) < 4.78 is 46.4. The number of amidine groups is 1. The lowest BCUT2D eigenvalue weighted by molar-refractivity contribution is -0.138. The highest BCUT2D eigenvalue weighted by atomic mass is 32.1. The lowest BCUT2D eigenvalue weighted by Gasteiger charge is -2.25. The number of carbonyl (C=O) groups excluding carboxylic acids is 1. The minimum atomic E-state index is -1.62. The number of thiazole rings is 1. The van der Waals surface area contributed by atoms with Gasteiger partial charge in [0.15, 0.2) is 28.3 Å². The number of carbonyl (C=O) groups is 1. The molecule has 1 atom stereocenters. The second-order valence-corrected chi connectivity index (χ2v) is 6.26. The van der Waals surface area contributed by atoms with Crippen LogP contribution in [0.3, 0.4) is 0 Å². The van der Waals surface area contributed by atoms with E-state index in [4.69, 9.17) is 4.74 Å². The van der Waals surface area contributed by atoms with Crippen molar-refractivity contribution in [2.75, 3.05) is 6.61 Å². The second-order valence-electron chi connectivity index (χ2n) is 5.37. The van der Waals surface area contributed by atoms with Gasteiger partial charge < -0.3 is 10.1 Å². The first kappa shape index (κ1) is 18.1. The molecule has 26 heavy (non-hydrogen) atoms. The largest absolute Gasteiger partial charge is 0.463 e. The average Bonchev–Trinajstić information content (AvgIpc) is 3.14. The standard InChI is InChI=1S/C17H14F3N3O2S/c1-3-25-17(24)11-8(2)22-15(16-21-6-7-26-16)23-14(11)9-4-5-10(18)13(20)12(9)19/h4-7,14H,3H2,1-2H3,(H,22,23)/t14-/m0/s1. The molecule has 0 bridgehead atoms. The lowest BCUT2D eigenvalue weighted by atomic mass is 9.95. The molecule has 1 aromatic heterocycles. The summed E-state index contributed by atoms with van der Waals surface area (Å²) >= 11 is 1.29. The van der Waals surface area contributed by atoms with Gasteiger partial charge in [0, 0.05) is 22.8 Å². The van der Waals surface area contributed by atoms with E-state index in [2.05, 4.69) is 15.3 Å². The van der Waals surface area contributed by atoms with E-state index in [1.165, 1.54) is 11.3 Å². The van der Waals surface area contributed by atoms with E-state index >= 15 is 0 Å². The van der Waals surface area contributed by atoms with E-state index in [1.54, 1.807) is 25.4 Å². The smallest absolute Gasteiger partial charge is 0.338 e. The summed E-state index contributed by atoms with van der Waals surface area (Å²) in [4.78, 5) is 20.8. The SMILES string of the molecule is CCOC(=O)C1=C(C)NC(c2nccs2)=N[C@H]1c1ccc(F)c(F)c1F. The number of aliphatic imine (C=N–C) groups is 1. The van der Waals surface area contributed by atoms with Crippen molar-refractivity contribution < 1.29 is 22.7 Å². The number of ether oxygens (including phenoxy) is 1. The molecule has 1 aliphatic heterocycles. The summed E-state index contributed by atoms with van der Waals surface area (Å²) in [5.41, 5.74) is 0.136. The molecule has 0 saturated heterocycles. The van der Waals surface area contributed by atoms with Gasteiger partial charge in [-0.2, -0.15) is 0 Å². The number of aromatic nitrogens is 1. The van der Waals surface area contributed by atoms with Gasteiger partial charge in [-0.25, -0.2) is 22.9 Å². The Labute approximate surface area is 151 Å². The summed E-state index contributed by atoms with van der Waals surface area (Å²) in [7, 11) is 0.